The highest BCUT2D eigenvalue weighted by Crippen LogP contribution is 2.44. The number of benzene rings is 2. The smallest absolute Gasteiger partial charge is 0.261 e. The Hall–Kier alpha value is -2.87. The molecule has 2 aromatic carbocycles. The van der Waals surface area contributed by atoms with Gasteiger partial charge in [-0.25, -0.2) is 8.42 Å². The summed E-state index contributed by atoms with van der Waals surface area (Å²) in [4.78, 5) is 25.5. The molecule has 0 bridgehead atoms. The predicted molar refractivity (Wildman–Crippen MR) is 107 cm³/mol. The van der Waals surface area contributed by atoms with Gasteiger partial charge < -0.3 is 10.2 Å². The Morgan fingerprint density at radius 2 is 1.82 bits per heavy atom. The molecule has 2 aromatic rings. The van der Waals surface area contributed by atoms with Gasteiger partial charge >= 0.3 is 0 Å². The highest BCUT2D eigenvalue weighted by Gasteiger charge is 2.38. The van der Waals surface area contributed by atoms with Gasteiger partial charge in [-0.3, -0.25) is 14.3 Å². The summed E-state index contributed by atoms with van der Waals surface area (Å²) in [5.74, 6) is -0.496. The lowest BCUT2D eigenvalue weighted by Crippen LogP contribution is -2.32. The zero-order valence-corrected chi connectivity index (χ0v) is 16.5. The predicted octanol–water partition coefficient (Wildman–Crippen LogP) is 2.84. The van der Waals surface area contributed by atoms with Crippen LogP contribution in [0.3, 0.4) is 0 Å². The van der Waals surface area contributed by atoms with Crippen LogP contribution in [0.15, 0.2) is 41.3 Å². The first-order chi connectivity index (χ1) is 13.3. The molecule has 2 N–H and O–H groups in total. The number of aryl methyl sites for hydroxylation is 1. The van der Waals surface area contributed by atoms with Gasteiger partial charge in [-0.1, -0.05) is 0 Å². The molecule has 0 aromatic heterocycles. The Balaban J connectivity index is 1.66. The maximum atomic E-state index is 12.9. The van der Waals surface area contributed by atoms with Gasteiger partial charge in [0.1, 0.15) is 0 Å². The summed E-state index contributed by atoms with van der Waals surface area (Å²) < 4.78 is 28.5. The molecule has 0 aliphatic carbocycles. The molecule has 4 rings (SSSR count). The number of sulfonamides is 1. The van der Waals surface area contributed by atoms with Crippen LogP contribution in [-0.4, -0.2) is 26.8 Å². The monoisotopic (exact) mass is 399 g/mol. The molecule has 7 nitrogen and oxygen atoms in total. The van der Waals surface area contributed by atoms with E-state index in [1.165, 1.54) is 6.92 Å². The van der Waals surface area contributed by atoms with Gasteiger partial charge in [0.05, 0.1) is 16.5 Å². The number of anilines is 3. The number of amides is 2. The lowest BCUT2D eigenvalue weighted by atomic mass is 9.97. The average molecular weight is 399 g/mol. The lowest BCUT2D eigenvalue weighted by molar-refractivity contribution is -0.119. The standard InChI is InChI=1S/C20H21N3O4S/c1-12-18-11-17(10-14-4-3-9-23(19(14)18)20(12)25)28(26,27)22-16-7-5-15(6-8-16)21-13(2)24/h5-8,10-12,22H,3-4,9H2,1-2H3,(H,21,24). The maximum absolute atomic E-state index is 12.9. The Morgan fingerprint density at radius 1 is 1.14 bits per heavy atom. The van der Waals surface area contributed by atoms with Crippen LogP contribution in [0.25, 0.3) is 0 Å². The van der Waals surface area contributed by atoms with E-state index in [9.17, 15) is 18.0 Å². The van der Waals surface area contributed by atoms with E-state index >= 15 is 0 Å². The molecule has 2 aliphatic heterocycles. The molecule has 0 spiro atoms. The van der Waals surface area contributed by atoms with E-state index < -0.39 is 10.0 Å². The third-order valence-electron chi connectivity index (χ3n) is 5.16. The van der Waals surface area contributed by atoms with E-state index in [1.807, 2.05) is 6.92 Å². The molecule has 146 valence electrons. The van der Waals surface area contributed by atoms with Gasteiger partial charge in [0, 0.05) is 24.8 Å². The Morgan fingerprint density at radius 3 is 2.50 bits per heavy atom. The van der Waals surface area contributed by atoms with Crippen LogP contribution in [0.5, 0.6) is 0 Å². The van der Waals surface area contributed by atoms with Crippen molar-refractivity contribution in [2.24, 2.45) is 0 Å². The molecule has 1 unspecified atom stereocenters. The molecular weight excluding hydrogens is 378 g/mol. The second-order valence-electron chi connectivity index (χ2n) is 7.20. The average Bonchev–Trinajstić information content (AvgIpc) is 2.89. The molecule has 2 amide bonds. The number of carbonyl (C=O) groups is 2. The van der Waals surface area contributed by atoms with Crippen LogP contribution in [-0.2, 0) is 26.0 Å². The summed E-state index contributed by atoms with van der Waals surface area (Å²) in [6, 6.07) is 9.72. The van der Waals surface area contributed by atoms with E-state index in [2.05, 4.69) is 10.0 Å². The highest BCUT2D eigenvalue weighted by molar-refractivity contribution is 7.92. The third kappa shape index (κ3) is 3.13. The number of hydrogen-bond donors (Lipinski definition) is 2. The summed E-state index contributed by atoms with van der Waals surface area (Å²) in [6.07, 6.45) is 1.58. The van der Waals surface area contributed by atoms with Gasteiger partial charge in [0.25, 0.3) is 10.0 Å². The molecule has 2 aliphatic rings. The largest absolute Gasteiger partial charge is 0.326 e. The summed E-state index contributed by atoms with van der Waals surface area (Å²) in [7, 11) is -3.80. The maximum Gasteiger partial charge on any atom is 0.261 e. The van der Waals surface area contributed by atoms with Crippen molar-refractivity contribution in [1.82, 2.24) is 0 Å². The topological polar surface area (TPSA) is 95.6 Å². The van der Waals surface area contributed by atoms with Gasteiger partial charge in [-0.2, -0.15) is 0 Å². The van der Waals surface area contributed by atoms with Crippen molar-refractivity contribution in [2.75, 3.05) is 21.5 Å². The van der Waals surface area contributed by atoms with Gasteiger partial charge in [0.15, 0.2) is 0 Å². The van der Waals surface area contributed by atoms with Gasteiger partial charge in [-0.15, -0.1) is 0 Å². The van der Waals surface area contributed by atoms with Crippen LogP contribution in [0.4, 0.5) is 17.1 Å². The number of carbonyl (C=O) groups excluding carboxylic acids is 2. The first-order valence-corrected chi connectivity index (χ1v) is 10.6. The molecule has 0 saturated carbocycles. The van der Waals surface area contributed by atoms with E-state index in [4.69, 9.17) is 0 Å². The molecule has 8 heteroatoms. The number of hydrogen-bond acceptors (Lipinski definition) is 4. The van der Waals surface area contributed by atoms with Crippen molar-refractivity contribution in [3.05, 3.63) is 47.5 Å². The highest BCUT2D eigenvalue weighted by atomic mass is 32.2. The number of nitrogens with zero attached hydrogens (tertiary/aromatic N) is 1. The van der Waals surface area contributed by atoms with Crippen LogP contribution in [0, 0.1) is 0 Å². The van der Waals surface area contributed by atoms with Crippen molar-refractivity contribution in [3.63, 3.8) is 0 Å². The van der Waals surface area contributed by atoms with E-state index in [-0.39, 0.29) is 22.6 Å². The number of nitrogens with one attached hydrogen (secondary N) is 2. The summed E-state index contributed by atoms with van der Waals surface area (Å²) in [6.45, 7) is 3.92. The van der Waals surface area contributed by atoms with E-state index in [0.29, 0.717) is 17.9 Å². The second kappa shape index (κ2) is 6.63. The first kappa shape index (κ1) is 18.5. The van der Waals surface area contributed by atoms with Crippen LogP contribution >= 0.6 is 0 Å². The zero-order chi connectivity index (χ0) is 20.1. The molecular formula is C20H21N3O4S. The van der Waals surface area contributed by atoms with Crippen molar-refractivity contribution < 1.29 is 18.0 Å². The quantitative estimate of drug-likeness (QED) is 0.826. The summed E-state index contributed by atoms with van der Waals surface area (Å²) >= 11 is 0. The fourth-order valence-corrected chi connectivity index (χ4v) is 5.00. The summed E-state index contributed by atoms with van der Waals surface area (Å²) in [5, 5.41) is 2.64. The van der Waals surface area contributed by atoms with Crippen LogP contribution in [0.2, 0.25) is 0 Å². The van der Waals surface area contributed by atoms with Crippen molar-refractivity contribution in [2.45, 2.75) is 37.5 Å². The SMILES string of the molecule is CC(=O)Nc1ccc(NS(=O)(=O)c2cc3c4c(c2)C(C)C(=O)N4CCC3)cc1. The van der Waals surface area contributed by atoms with Gasteiger partial charge in [-0.05, 0) is 67.3 Å². The first-order valence-electron chi connectivity index (χ1n) is 9.15. The number of rotatable bonds is 4. The normalized spacial score (nSPS) is 18.0. The van der Waals surface area contributed by atoms with E-state index in [1.54, 1.807) is 41.3 Å². The van der Waals surface area contributed by atoms with Gasteiger partial charge in [0.2, 0.25) is 11.8 Å². The molecule has 0 fully saturated rings. The molecule has 28 heavy (non-hydrogen) atoms. The Bertz CT molecular complexity index is 1080. The molecule has 0 saturated heterocycles. The van der Waals surface area contributed by atoms with Crippen LogP contribution < -0.4 is 14.9 Å². The molecule has 1 atom stereocenters. The third-order valence-corrected chi connectivity index (χ3v) is 6.52. The van der Waals surface area contributed by atoms with Crippen molar-refractivity contribution >= 4 is 38.9 Å². The minimum absolute atomic E-state index is 0.0343. The van der Waals surface area contributed by atoms with E-state index in [0.717, 1.165) is 29.7 Å². The fourth-order valence-electron chi connectivity index (χ4n) is 3.86. The Labute approximate surface area is 163 Å². The van der Waals surface area contributed by atoms with Crippen molar-refractivity contribution in [3.8, 4) is 0 Å². The zero-order valence-electron chi connectivity index (χ0n) is 15.7. The fraction of sp³-hybridized carbons (Fsp3) is 0.300. The minimum atomic E-state index is -3.80. The second-order valence-corrected chi connectivity index (χ2v) is 8.88. The van der Waals surface area contributed by atoms with Crippen LogP contribution in [0.1, 0.15) is 37.3 Å². The Kier molecular flexibility index (Phi) is 4.38. The minimum Gasteiger partial charge on any atom is -0.326 e. The lowest BCUT2D eigenvalue weighted by Gasteiger charge is -2.26. The molecule has 2 heterocycles. The van der Waals surface area contributed by atoms with Crippen molar-refractivity contribution in [1.29, 1.82) is 0 Å². The molecule has 0 radical (unpaired) electrons. The summed E-state index contributed by atoms with van der Waals surface area (Å²) in [5.41, 5.74) is 3.56.